The first-order valence-electron chi connectivity index (χ1n) is 13.1. The number of aliphatic hydroxyl groups is 1. The first kappa shape index (κ1) is 25.2. The zero-order valence-corrected chi connectivity index (χ0v) is 20.9. The number of benzene rings is 2. The molecule has 0 bridgehead atoms. The molecule has 1 aliphatic heterocycles. The minimum Gasteiger partial charge on any atom is -0.481 e. The average molecular weight is 503 g/mol. The van der Waals surface area contributed by atoms with Gasteiger partial charge in [0.05, 0.1) is 30.1 Å². The van der Waals surface area contributed by atoms with Crippen LogP contribution in [0, 0.1) is 0 Å². The molecule has 1 saturated carbocycles. The molecular weight excluding hydrogens is 468 g/mol. The van der Waals surface area contributed by atoms with Crippen molar-refractivity contribution in [2.75, 3.05) is 19.6 Å². The van der Waals surface area contributed by atoms with E-state index in [1.165, 1.54) is 5.56 Å². The van der Waals surface area contributed by atoms with Crippen molar-refractivity contribution in [1.29, 1.82) is 0 Å². The Morgan fingerprint density at radius 1 is 1.05 bits per heavy atom. The van der Waals surface area contributed by atoms with E-state index in [1.807, 2.05) is 58.0 Å². The molecule has 8 heteroatoms. The van der Waals surface area contributed by atoms with Gasteiger partial charge in [-0.2, -0.15) is 0 Å². The maximum Gasteiger partial charge on any atom is 0.306 e. The molecule has 3 N–H and O–H groups in total. The van der Waals surface area contributed by atoms with Gasteiger partial charge < -0.3 is 25.0 Å². The quantitative estimate of drug-likeness (QED) is 0.456. The first-order chi connectivity index (χ1) is 18.0. The van der Waals surface area contributed by atoms with Crippen molar-refractivity contribution in [1.82, 2.24) is 19.8 Å². The number of carboxylic acids is 1. The summed E-state index contributed by atoms with van der Waals surface area (Å²) in [7, 11) is 0. The molecule has 2 aromatic carbocycles. The number of carboxylic acid groups (broad SMARTS) is 1. The number of hydrogen-bond acceptors (Lipinski definition) is 5. The molecule has 0 radical (unpaired) electrons. The summed E-state index contributed by atoms with van der Waals surface area (Å²) in [5, 5.41) is 24.5. The van der Waals surface area contributed by atoms with Gasteiger partial charge >= 0.3 is 5.97 Å². The Hall–Kier alpha value is -3.49. The van der Waals surface area contributed by atoms with E-state index in [1.54, 1.807) is 6.33 Å². The lowest BCUT2D eigenvalue weighted by Gasteiger charge is -2.40. The van der Waals surface area contributed by atoms with Gasteiger partial charge in [0, 0.05) is 31.2 Å². The fourth-order valence-corrected chi connectivity index (χ4v) is 5.94. The molecule has 3 atom stereocenters. The Labute approximate surface area is 217 Å². The van der Waals surface area contributed by atoms with Crippen molar-refractivity contribution in [3.8, 4) is 11.3 Å². The van der Waals surface area contributed by atoms with Crippen LogP contribution >= 0.6 is 0 Å². The second-order valence-corrected chi connectivity index (χ2v) is 10.2. The average Bonchev–Trinajstić information content (AvgIpc) is 3.34. The number of aliphatic carboxylic acids is 1. The molecule has 8 nitrogen and oxygen atoms in total. The van der Waals surface area contributed by atoms with E-state index in [9.17, 15) is 19.8 Å². The van der Waals surface area contributed by atoms with Crippen LogP contribution < -0.4 is 5.32 Å². The third-order valence-corrected chi connectivity index (χ3v) is 7.72. The van der Waals surface area contributed by atoms with E-state index in [0.717, 1.165) is 24.8 Å². The number of piperazine rings is 1. The summed E-state index contributed by atoms with van der Waals surface area (Å²) in [4.78, 5) is 32.3. The van der Waals surface area contributed by atoms with Crippen LogP contribution in [0.3, 0.4) is 0 Å². The lowest BCUT2D eigenvalue weighted by Crippen LogP contribution is -2.54. The summed E-state index contributed by atoms with van der Waals surface area (Å²) >= 11 is 0. The van der Waals surface area contributed by atoms with Crippen molar-refractivity contribution in [2.45, 2.75) is 56.2 Å². The number of amides is 1. The van der Waals surface area contributed by atoms with Gasteiger partial charge in [-0.1, -0.05) is 73.5 Å². The molecular formula is C29H34N4O4. The Balaban J connectivity index is 1.54. The maximum absolute atomic E-state index is 14.1. The fourth-order valence-electron chi connectivity index (χ4n) is 5.94. The highest BCUT2D eigenvalue weighted by Gasteiger charge is 2.43. The Morgan fingerprint density at radius 3 is 2.51 bits per heavy atom. The molecule has 1 aromatic heterocycles. The molecule has 3 aromatic rings. The summed E-state index contributed by atoms with van der Waals surface area (Å²) in [6.45, 7) is 1.98. The summed E-state index contributed by atoms with van der Waals surface area (Å²) in [5.74, 6) is -1.17. The highest BCUT2D eigenvalue weighted by Crippen LogP contribution is 2.42. The Morgan fingerprint density at radius 2 is 1.78 bits per heavy atom. The van der Waals surface area contributed by atoms with Gasteiger partial charge in [-0.25, -0.2) is 4.98 Å². The number of nitrogens with one attached hydrogen (secondary N) is 1. The number of hydrogen-bond donors (Lipinski definition) is 3. The molecule has 194 valence electrons. The second kappa shape index (κ2) is 10.9. The standard InChI is InChI=1S/C29H34N4O4/c34-25(35)18-29(37)14-8-7-13-24(29)33-20-31-26(27(33)22-11-5-2-6-12-22)28(36)32-16-15-30-19-23(32)17-21-9-3-1-4-10-21/h1-6,9-12,20,23-24,30,37H,7-8,13-19H2,(H,34,35)/t23-,24+,29?/m1/s1. The van der Waals surface area contributed by atoms with E-state index in [2.05, 4.69) is 22.4 Å². The molecule has 0 spiro atoms. The van der Waals surface area contributed by atoms with Gasteiger partial charge in [-0.15, -0.1) is 0 Å². The molecule has 1 amide bonds. The summed E-state index contributed by atoms with van der Waals surface area (Å²) in [6.07, 6.45) is 4.68. The monoisotopic (exact) mass is 502 g/mol. The molecule has 5 rings (SSSR count). The van der Waals surface area contributed by atoms with Crippen LogP contribution in [-0.4, -0.2) is 67.8 Å². The number of rotatable bonds is 7. The van der Waals surface area contributed by atoms with E-state index in [-0.39, 0.29) is 18.4 Å². The third kappa shape index (κ3) is 5.31. The van der Waals surface area contributed by atoms with Gasteiger partial charge in [0.25, 0.3) is 5.91 Å². The minimum atomic E-state index is -1.40. The van der Waals surface area contributed by atoms with Crippen LogP contribution in [0.5, 0.6) is 0 Å². The van der Waals surface area contributed by atoms with Gasteiger partial charge in [-0.3, -0.25) is 9.59 Å². The third-order valence-electron chi connectivity index (χ3n) is 7.72. The predicted molar refractivity (Wildman–Crippen MR) is 140 cm³/mol. The topological polar surface area (TPSA) is 108 Å². The summed E-state index contributed by atoms with van der Waals surface area (Å²) < 4.78 is 1.86. The fraction of sp³-hybridized carbons (Fsp3) is 0.414. The number of nitrogens with zero attached hydrogens (tertiary/aromatic N) is 3. The van der Waals surface area contributed by atoms with Crippen molar-refractivity contribution >= 4 is 11.9 Å². The van der Waals surface area contributed by atoms with Crippen LogP contribution in [0.4, 0.5) is 0 Å². The number of carbonyl (C=O) groups is 2. The van der Waals surface area contributed by atoms with Crippen molar-refractivity contribution in [3.05, 3.63) is 78.2 Å². The van der Waals surface area contributed by atoms with Crippen LogP contribution in [0.25, 0.3) is 11.3 Å². The second-order valence-electron chi connectivity index (χ2n) is 10.2. The van der Waals surface area contributed by atoms with Gasteiger partial charge in [0.15, 0.2) is 5.69 Å². The van der Waals surface area contributed by atoms with Gasteiger partial charge in [0.1, 0.15) is 0 Å². The molecule has 2 fully saturated rings. The normalized spacial score (nSPS) is 24.1. The molecule has 1 aliphatic carbocycles. The molecule has 1 saturated heterocycles. The SMILES string of the molecule is O=C(O)CC1(O)CCCC[C@@H]1n1cnc(C(=O)N2CCNC[C@H]2Cc2ccccc2)c1-c1ccccc1. The Bertz CT molecular complexity index is 1230. The van der Waals surface area contributed by atoms with E-state index in [0.29, 0.717) is 43.9 Å². The van der Waals surface area contributed by atoms with Crippen molar-refractivity contribution < 1.29 is 19.8 Å². The van der Waals surface area contributed by atoms with Crippen molar-refractivity contribution in [2.24, 2.45) is 0 Å². The van der Waals surface area contributed by atoms with Crippen molar-refractivity contribution in [3.63, 3.8) is 0 Å². The summed E-state index contributed by atoms with van der Waals surface area (Å²) in [5.41, 5.74) is 1.57. The number of aromatic nitrogens is 2. The van der Waals surface area contributed by atoms with Crippen LogP contribution in [0.1, 0.15) is 54.2 Å². The van der Waals surface area contributed by atoms with Crippen LogP contribution in [0.2, 0.25) is 0 Å². The largest absolute Gasteiger partial charge is 0.481 e. The smallest absolute Gasteiger partial charge is 0.306 e. The molecule has 2 aliphatic rings. The lowest BCUT2D eigenvalue weighted by molar-refractivity contribution is -0.146. The lowest BCUT2D eigenvalue weighted by atomic mass is 9.77. The zero-order chi connectivity index (χ0) is 25.8. The first-order valence-corrected chi connectivity index (χ1v) is 13.1. The van der Waals surface area contributed by atoms with Crippen LogP contribution in [-0.2, 0) is 11.2 Å². The van der Waals surface area contributed by atoms with E-state index >= 15 is 0 Å². The van der Waals surface area contributed by atoms with Crippen LogP contribution in [0.15, 0.2) is 67.0 Å². The van der Waals surface area contributed by atoms with E-state index < -0.39 is 17.6 Å². The molecule has 37 heavy (non-hydrogen) atoms. The number of carbonyl (C=O) groups excluding carboxylic acids is 1. The maximum atomic E-state index is 14.1. The summed E-state index contributed by atoms with van der Waals surface area (Å²) in [6, 6.07) is 19.3. The zero-order valence-electron chi connectivity index (χ0n) is 20.9. The number of imidazole rings is 1. The molecule has 1 unspecified atom stereocenters. The predicted octanol–water partition coefficient (Wildman–Crippen LogP) is 3.53. The van der Waals surface area contributed by atoms with Gasteiger partial charge in [-0.05, 0) is 24.8 Å². The highest BCUT2D eigenvalue weighted by atomic mass is 16.4. The van der Waals surface area contributed by atoms with Gasteiger partial charge in [0.2, 0.25) is 0 Å². The van der Waals surface area contributed by atoms with E-state index in [4.69, 9.17) is 0 Å². The molecule has 2 heterocycles. The highest BCUT2D eigenvalue weighted by molar-refractivity contribution is 5.98. The Kier molecular flexibility index (Phi) is 7.39. The minimum absolute atomic E-state index is 0.0175.